The van der Waals surface area contributed by atoms with Gasteiger partial charge in [0.25, 0.3) is 0 Å². The lowest BCUT2D eigenvalue weighted by molar-refractivity contribution is 0.0674. The number of rotatable bonds is 7. The van der Waals surface area contributed by atoms with Gasteiger partial charge < -0.3 is 0 Å². The Bertz CT molecular complexity index is 988. The van der Waals surface area contributed by atoms with E-state index in [9.17, 15) is 0 Å². The molecular weight excluding hydrogens is 516 g/mol. The first-order valence-electron chi connectivity index (χ1n) is 20.8. The third-order valence-corrected chi connectivity index (χ3v) is 17.5. The summed E-state index contributed by atoms with van der Waals surface area (Å²) in [4.78, 5) is 0. The third kappa shape index (κ3) is 5.76. The van der Waals surface area contributed by atoms with E-state index in [2.05, 4.69) is 27.7 Å². The summed E-state index contributed by atoms with van der Waals surface area (Å²) in [6.45, 7) is 10.5. The highest BCUT2D eigenvalue weighted by Gasteiger charge is 2.66. The van der Waals surface area contributed by atoms with Gasteiger partial charge in [0.2, 0.25) is 0 Å². The predicted octanol–water partition coefficient (Wildman–Crippen LogP) is 13.0. The van der Waals surface area contributed by atoms with Gasteiger partial charge in [0.15, 0.2) is 0 Å². The van der Waals surface area contributed by atoms with Gasteiger partial charge in [0, 0.05) is 0 Å². The van der Waals surface area contributed by atoms with Crippen molar-refractivity contribution in [3.8, 4) is 0 Å². The first kappa shape index (κ1) is 30.3. The van der Waals surface area contributed by atoms with Gasteiger partial charge in [-0.05, 0) is 171 Å². The Hall–Kier alpha value is 0. The molecule has 0 aliphatic heterocycles. The third-order valence-electron chi connectivity index (χ3n) is 17.5. The van der Waals surface area contributed by atoms with E-state index in [-0.39, 0.29) is 0 Å². The Labute approximate surface area is 268 Å². The molecule has 10 unspecified atom stereocenters. The molecule has 0 aromatic carbocycles. The van der Waals surface area contributed by atoms with E-state index in [1.807, 2.05) is 0 Å². The van der Waals surface area contributed by atoms with Crippen molar-refractivity contribution < 1.29 is 0 Å². The molecular formula is C43H72. The molecule has 0 radical (unpaired) electrons. The molecule has 244 valence electrons. The van der Waals surface area contributed by atoms with Gasteiger partial charge in [-0.2, -0.15) is 0 Å². The molecule has 8 saturated carbocycles. The van der Waals surface area contributed by atoms with Crippen molar-refractivity contribution in [2.45, 2.75) is 188 Å². The smallest absolute Gasteiger partial charge is 0.0210 e. The fourth-order valence-corrected chi connectivity index (χ4v) is 14.3. The molecule has 43 heavy (non-hydrogen) atoms. The Morgan fingerprint density at radius 1 is 0.605 bits per heavy atom. The maximum absolute atomic E-state index is 2.80. The monoisotopic (exact) mass is 589 g/mol. The average molecular weight is 589 g/mol. The maximum atomic E-state index is 2.80. The summed E-state index contributed by atoms with van der Waals surface area (Å²) >= 11 is 0. The van der Waals surface area contributed by atoms with E-state index in [0.29, 0.717) is 5.41 Å². The van der Waals surface area contributed by atoms with Crippen LogP contribution < -0.4 is 0 Å². The Morgan fingerprint density at radius 3 is 2.09 bits per heavy atom. The van der Waals surface area contributed by atoms with E-state index >= 15 is 0 Å². The first-order valence-corrected chi connectivity index (χ1v) is 20.8. The van der Waals surface area contributed by atoms with Gasteiger partial charge in [0.05, 0.1) is 0 Å². The molecule has 8 aliphatic carbocycles. The second kappa shape index (κ2) is 11.3. The van der Waals surface area contributed by atoms with Gasteiger partial charge in [-0.15, -0.1) is 0 Å². The van der Waals surface area contributed by atoms with E-state index in [1.54, 1.807) is 128 Å². The van der Waals surface area contributed by atoms with Crippen LogP contribution in [0.3, 0.4) is 0 Å². The molecule has 0 heterocycles. The summed E-state index contributed by atoms with van der Waals surface area (Å²) in [5.74, 6) is 10.9. The highest BCUT2D eigenvalue weighted by atomic mass is 14.7. The SMILES string of the molecule is CCCC1(C)CCCCC(C2C[C@@]23CCC2(CC(C4CC4)C(CC4CC4)C3)CC2C)CCC[C@]12CC2C1CCCC(C)C1. The number of hydrogen-bond acceptors (Lipinski definition) is 0. The zero-order valence-electron chi connectivity index (χ0n) is 29.5. The topological polar surface area (TPSA) is 0 Å². The highest BCUT2D eigenvalue weighted by Crippen LogP contribution is 2.75. The molecule has 0 bridgehead atoms. The van der Waals surface area contributed by atoms with Crippen molar-refractivity contribution in [3.63, 3.8) is 0 Å². The zero-order valence-corrected chi connectivity index (χ0v) is 29.5. The molecule has 0 nitrogen and oxygen atoms in total. The van der Waals surface area contributed by atoms with E-state index in [1.165, 1.54) is 32.1 Å². The van der Waals surface area contributed by atoms with Crippen LogP contribution in [-0.4, -0.2) is 0 Å². The van der Waals surface area contributed by atoms with Crippen LogP contribution in [0.4, 0.5) is 0 Å². The Balaban J connectivity index is 0.981. The zero-order chi connectivity index (χ0) is 29.5. The van der Waals surface area contributed by atoms with Crippen molar-refractivity contribution in [2.24, 2.45) is 80.8 Å². The predicted molar refractivity (Wildman–Crippen MR) is 183 cm³/mol. The van der Waals surface area contributed by atoms with E-state index in [0.717, 1.165) is 75.4 Å². The van der Waals surface area contributed by atoms with Crippen LogP contribution in [0.25, 0.3) is 0 Å². The molecule has 0 aromatic rings. The molecule has 0 heteroatoms. The number of hydrogen-bond donors (Lipinski definition) is 0. The van der Waals surface area contributed by atoms with E-state index < -0.39 is 0 Å². The van der Waals surface area contributed by atoms with Crippen LogP contribution in [0.5, 0.6) is 0 Å². The van der Waals surface area contributed by atoms with Gasteiger partial charge in [-0.1, -0.05) is 98.3 Å². The van der Waals surface area contributed by atoms with Crippen LogP contribution in [0.2, 0.25) is 0 Å². The van der Waals surface area contributed by atoms with Crippen LogP contribution >= 0.6 is 0 Å². The molecule has 8 rings (SSSR count). The average Bonchev–Trinajstić information content (AvgIpc) is 3.79. The standard InChI is InChI=1S/C43H72/c1-5-18-40(4)19-7-6-11-34(13-9-20-43(40)29-39(43)35-12-8-10-30(2)23-35)38-28-42(38)22-21-41(25-31(41)3)27-37(33-16-17-33)36(26-42)24-32-14-15-32/h30-39H,5-29H2,1-4H3/t30?,31?,34?,35?,36?,37?,38?,39?,40?,41?,42-,43+/m0/s1. The summed E-state index contributed by atoms with van der Waals surface area (Å²) in [6.07, 6.45) is 39.5. The molecule has 8 fully saturated rings. The summed E-state index contributed by atoms with van der Waals surface area (Å²) in [6, 6.07) is 0. The van der Waals surface area contributed by atoms with Crippen LogP contribution in [0.15, 0.2) is 0 Å². The van der Waals surface area contributed by atoms with Crippen LogP contribution in [-0.2, 0) is 0 Å². The van der Waals surface area contributed by atoms with Crippen molar-refractivity contribution in [3.05, 3.63) is 0 Å². The molecule has 8 aliphatic rings. The minimum Gasteiger partial charge on any atom is -0.0654 e. The lowest BCUT2D eigenvalue weighted by atomic mass is 9.62. The van der Waals surface area contributed by atoms with Gasteiger partial charge in [-0.3, -0.25) is 0 Å². The fourth-order valence-electron chi connectivity index (χ4n) is 14.3. The van der Waals surface area contributed by atoms with Crippen molar-refractivity contribution in [1.82, 2.24) is 0 Å². The second-order valence-corrected chi connectivity index (χ2v) is 20.2. The van der Waals surface area contributed by atoms with Gasteiger partial charge >= 0.3 is 0 Å². The van der Waals surface area contributed by atoms with Gasteiger partial charge in [0.1, 0.15) is 0 Å². The quantitative estimate of drug-likeness (QED) is 0.277. The molecule has 12 atom stereocenters. The summed E-state index contributed by atoms with van der Waals surface area (Å²) in [7, 11) is 0. The van der Waals surface area contributed by atoms with Crippen molar-refractivity contribution in [2.75, 3.05) is 0 Å². The van der Waals surface area contributed by atoms with E-state index in [4.69, 9.17) is 0 Å². The summed E-state index contributed by atoms with van der Waals surface area (Å²) < 4.78 is 0. The van der Waals surface area contributed by atoms with Crippen LogP contribution in [0, 0.1) is 80.8 Å². The molecule has 0 N–H and O–H groups in total. The maximum Gasteiger partial charge on any atom is -0.0210 e. The minimum absolute atomic E-state index is 0.628. The van der Waals surface area contributed by atoms with Gasteiger partial charge in [-0.25, -0.2) is 0 Å². The van der Waals surface area contributed by atoms with Crippen molar-refractivity contribution >= 4 is 0 Å². The summed E-state index contributed by atoms with van der Waals surface area (Å²) in [5, 5.41) is 0. The highest BCUT2D eigenvalue weighted by molar-refractivity contribution is 5.15. The second-order valence-electron chi connectivity index (χ2n) is 20.2. The largest absolute Gasteiger partial charge is 0.0654 e. The minimum atomic E-state index is 0.628. The normalized spacial score (nSPS) is 53.9. The molecule has 0 saturated heterocycles. The molecule has 0 amide bonds. The van der Waals surface area contributed by atoms with Crippen molar-refractivity contribution in [1.29, 1.82) is 0 Å². The Kier molecular flexibility index (Phi) is 7.98. The molecule has 0 aromatic heterocycles. The Morgan fingerprint density at radius 2 is 1.37 bits per heavy atom. The fraction of sp³-hybridized carbons (Fsp3) is 1.00. The molecule has 3 spiro atoms. The summed E-state index contributed by atoms with van der Waals surface area (Å²) in [5.41, 5.74) is 2.92. The van der Waals surface area contributed by atoms with Crippen LogP contribution in [0.1, 0.15) is 188 Å². The first-order chi connectivity index (χ1) is 20.8. The lowest BCUT2D eigenvalue weighted by Gasteiger charge is -2.43. The lowest BCUT2D eigenvalue weighted by Crippen LogP contribution is -2.34.